The van der Waals surface area contributed by atoms with E-state index in [9.17, 15) is 4.79 Å². The van der Waals surface area contributed by atoms with E-state index in [0.29, 0.717) is 11.9 Å². The molecule has 0 bridgehead atoms. The van der Waals surface area contributed by atoms with Gasteiger partial charge in [0, 0.05) is 25.8 Å². The van der Waals surface area contributed by atoms with Gasteiger partial charge in [-0.25, -0.2) is 0 Å². The van der Waals surface area contributed by atoms with Crippen LogP contribution in [0.2, 0.25) is 0 Å². The molecule has 136 valence electrons. The molecule has 2 fully saturated rings. The number of nitrogens with zero attached hydrogens (tertiary/aromatic N) is 3. The molecular formula is C22H27N3O. The Morgan fingerprint density at radius 1 is 1.08 bits per heavy atom. The van der Waals surface area contributed by atoms with Crippen molar-refractivity contribution in [2.75, 3.05) is 20.1 Å². The van der Waals surface area contributed by atoms with Crippen LogP contribution in [-0.4, -0.2) is 46.9 Å². The number of aromatic nitrogens is 1. The van der Waals surface area contributed by atoms with Crippen molar-refractivity contribution in [3.63, 3.8) is 0 Å². The maximum absolute atomic E-state index is 13.0. The molecule has 4 nitrogen and oxygen atoms in total. The van der Waals surface area contributed by atoms with Gasteiger partial charge in [0.1, 0.15) is 0 Å². The van der Waals surface area contributed by atoms with Crippen molar-refractivity contribution in [1.82, 2.24) is 14.8 Å². The third kappa shape index (κ3) is 3.38. The molecule has 1 amide bonds. The van der Waals surface area contributed by atoms with Crippen molar-refractivity contribution < 1.29 is 4.79 Å². The molecule has 0 radical (unpaired) electrons. The number of benzene rings is 1. The highest BCUT2D eigenvalue weighted by molar-refractivity contribution is 5.85. The van der Waals surface area contributed by atoms with Crippen molar-refractivity contribution in [3.8, 4) is 0 Å². The second kappa shape index (κ2) is 7.20. The van der Waals surface area contributed by atoms with Gasteiger partial charge in [0.05, 0.1) is 11.1 Å². The van der Waals surface area contributed by atoms with Crippen molar-refractivity contribution in [3.05, 3.63) is 66.0 Å². The zero-order chi connectivity index (χ0) is 18.0. The number of rotatable bonds is 4. The third-order valence-electron chi connectivity index (χ3n) is 6.19. The number of pyridine rings is 1. The zero-order valence-corrected chi connectivity index (χ0v) is 15.5. The fraction of sp³-hybridized carbons (Fsp3) is 0.455. The standard InChI is InChI=1S/C22H27N3O/c1-24-20(15-18-7-3-2-4-8-18)16-22(21(24)26)10-13-25(14-11-22)17-19-9-5-6-12-23-19/h2-9,12,20H,10-11,13-17H2,1H3/t20-/m0/s1. The molecular weight excluding hydrogens is 322 g/mol. The van der Waals surface area contributed by atoms with E-state index in [1.54, 1.807) is 0 Å². The van der Waals surface area contributed by atoms with Crippen LogP contribution in [-0.2, 0) is 17.8 Å². The lowest BCUT2D eigenvalue weighted by Crippen LogP contribution is -2.43. The number of carbonyl (C=O) groups is 1. The Bertz CT molecular complexity index is 738. The number of piperidine rings is 1. The highest BCUT2D eigenvalue weighted by Crippen LogP contribution is 2.44. The number of hydrogen-bond acceptors (Lipinski definition) is 3. The summed E-state index contributed by atoms with van der Waals surface area (Å²) in [4.78, 5) is 21.9. The zero-order valence-electron chi connectivity index (χ0n) is 15.5. The van der Waals surface area contributed by atoms with Gasteiger partial charge in [-0.1, -0.05) is 36.4 Å². The summed E-state index contributed by atoms with van der Waals surface area (Å²) in [5.74, 6) is 0.357. The lowest BCUT2D eigenvalue weighted by Gasteiger charge is -2.37. The van der Waals surface area contributed by atoms with Crippen molar-refractivity contribution in [2.24, 2.45) is 5.41 Å². The van der Waals surface area contributed by atoms with Crippen LogP contribution in [0.4, 0.5) is 0 Å². The van der Waals surface area contributed by atoms with Gasteiger partial charge < -0.3 is 4.90 Å². The summed E-state index contributed by atoms with van der Waals surface area (Å²) in [5.41, 5.74) is 2.29. The van der Waals surface area contributed by atoms with Crippen LogP contribution in [0.5, 0.6) is 0 Å². The predicted octanol–water partition coefficient (Wildman–Crippen LogP) is 3.14. The van der Waals surface area contributed by atoms with E-state index in [1.165, 1.54) is 5.56 Å². The molecule has 1 aromatic carbocycles. The Morgan fingerprint density at radius 2 is 1.81 bits per heavy atom. The largest absolute Gasteiger partial charge is 0.342 e. The van der Waals surface area contributed by atoms with E-state index in [-0.39, 0.29) is 5.41 Å². The number of carbonyl (C=O) groups excluding carboxylic acids is 1. The molecule has 1 aromatic heterocycles. The summed E-state index contributed by atoms with van der Waals surface area (Å²) in [6, 6.07) is 16.9. The predicted molar refractivity (Wildman–Crippen MR) is 103 cm³/mol. The summed E-state index contributed by atoms with van der Waals surface area (Å²) in [6.45, 7) is 2.84. The quantitative estimate of drug-likeness (QED) is 0.851. The Kier molecular flexibility index (Phi) is 4.77. The van der Waals surface area contributed by atoms with Crippen LogP contribution in [0, 0.1) is 5.41 Å². The maximum atomic E-state index is 13.0. The highest BCUT2D eigenvalue weighted by Gasteiger charge is 2.50. The number of amides is 1. The molecule has 2 aliphatic heterocycles. The summed E-state index contributed by atoms with van der Waals surface area (Å²) in [5, 5.41) is 0. The topological polar surface area (TPSA) is 36.4 Å². The van der Waals surface area contributed by atoms with Crippen LogP contribution in [0.3, 0.4) is 0 Å². The minimum atomic E-state index is -0.144. The van der Waals surface area contributed by atoms with E-state index in [0.717, 1.165) is 51.0 Å². The van der Waals surface area contributed by atoms with Gasteiger partial charge in [-0.2, -0.15) is 0 Å². The van der Waals surface area contributed by atoms with Gasteiger partial charge in [-0.15, -0.1) is 0 Å². The fourth-order valence-electron chi connectivity index (χ4n) is 4.59. The average Bonchev–Trinajstić information content (AvgIpc) is 2.90. The lowest BCUT2D eigenvalue weighted by molar-refractivity contribution is -0.137. The molecule has 0 unspecified atom stereocenters. The minimum Gasteiger partial charge on any atom is -0.342 e. The van der Waals surface area contributed by atoms with Gasteiger partial charge in [-0.3, -0.25) is 14.7 Å². The van der Waals surface area contributed by atoms with Gasteiger partial charge >= 0.3 is 0 Å². The molecule has 2 aromatic rings. The second-order valence-electron chi connectivity index (χ2n) is 7.84. The van der Waals surface area contributed by atoms with Crippen LogP contribution >= 0.6 is 0 Å². The first kappa shape index (κ1) is 17.2. The van der Waals surface area contributed by atoms with Crippen molar-refractivity contribution >= 4 is 5.91 Å². The third-order valence-corrected chi connectivity index (χ3v) is 6.19. The molecule has 4 heteroatoms. The van der Waals surface area contributed by atoms with E-state index < -0.39 is 0 Å². The van der Waals surface area contributed by atoms with Gasteiger partial charge in [0.25, 0.3) is 0 Å². The SMILES string of the molecule is CN1C(=O)C2(CCN(Cc3ccccn3)CC2)C[C@@H]1Cc1ccccc1. The lowest BCUT2D eigenvalue weighted by atomic mass is 9.75. The van der Waals surface area contributed by atoms with Crippen molar-refractivity contribution in [2.45, 2.75) is 38.3 Å². The summed E-state index contributed by atoms with van der Waals surface area (Å²) in [6.07, 6.45) is 5.74. The summed E-state index contributed by atoms with van der Waals surface area (Å²) >= 11 is 0. The van der Waals surface area contributed by atoms with E-state index in [2.05, 4.69) is 40.2 Å². The smallest absolute Gasteiger partial charge is 0.228 e. The number of hydrogen-bond donors (Lipinski definition) is 0. The molecule has 0 saturated carbocycles. The van der Waals surface area contributed by atoms with E-state index >= 15 is 0 Å². The maximum Gasteiger partial charge on any atom is 0.228 e. The number of likely N-dealkylation sites (N-methyl/N-ethyl adjacent to an activating group) is 1. The summed E-state index contributed by atoms with van der Waals surface area (Å²) < 4.78 is 0. The Balaban J connectivity index is 1.39. The molecule has 0 N–H and O–H groups in total. The normalized spacial score (nSPS) is 22.9. The molecule has 1 spiro atoms. The fourth-order valence-corrected chi connectivity index (χ4v) is 4.59. The number of likely N-dealkylation sites (tertiary alicyclic amines) is 2. The van der Waals surface area contributed by atoms with Crippen LogP contribution in [0.1, 0.15) is 30.5 Å². The molecule has 1 atom stereocenters. The second-order valence-corrected chi connectivity index (χ2v) is 7.84. The first-order valence-electron chi connectivity index (χ1n) is 9.60. The van der Waals surface area contributed by atoms with Gasteiger partial charge in [0.2, 0.25) is 5.91 Å². The Hall–Kier alpha value is -2.20. The van der Waals surface area contributed by atoms with Gasteiger partial charge in [0.15, 0.2) is 0 Å². The van der Waals surface area contributed by atoms with E-state index in [4.69, 9.17) is 0 Å². The minimum absolute atomic E-state index is 0.144. The van der Waals surface area contributed by atoms with Crippen LogP contribution in [0.25, 0.3) is 0 Å². The first-order valence-corrected chi connectivity index (χ1v) is 9.60. The van der Waals surface area contributed by atoms with Gasteiger partial charge in [-0.05, 0) is 56.5 Å². The molecule has 4 rings (SSSR count). The molecule has 26 heavy (non-hydrogen) atoms. The van der Waals surface area contributed by atoms with Crippen LogP contribution < -0.4 is 0 Å². The summed E-state index contributed by atoms with van der Waals surface area (Å²) in [7, 11) is 1.99. The monoisotopic (exact) mass is 349 g/mol. The Labute approximate surface area is 155 Å². The average molecular weight is 349 g/mol. The molecule has 3 heterocycles. The van der Waals surface area contributed by atoms with Crippen molar-refractivity contribution in [1.29, 1.82) is 0 Å². The highest BCUT2D eigenvalue weighted by atomic mass is 16.2. The van der Waals surface area contributed by atoms with Crippen LogP contribution in [0.15, 0.2) is 54.7 Å². The van der Waals surface area contributed by atoms with E-state index in [1.807, 2.05) is 36.3 Å². The molecule has 0 aliphatic carbocycles. The molecule has 2 saturated heterocycles. The Morgan fingerprint density at radius 3 is 2.50 bits per heavy atom. The first-order chi connectivity index (χ1) is 12.7. The molecule has 2 aliphatic rings.